The minimum Gasteiger partial charge on any atom is -0.387 e. The fourth-order valence-corrected chi connectivity index (χ4v) is 7.51. The molecule has 0 aliphatic carbocycles. The summed E-state index contributed by atoms with van der Waals surface area (Å²) < 4.78 is 23.6. The highest BCUT2D eigenvalue weighted by Gasteiger charge is 2.27. The summed E-state index contributed by atoms with van der Waals surface area (Å²) in [6.07, 6.45) is 49.3. The number of nitrogens with zero attached hydrogens (tertiary/aromatic N) is 1. The van der Waals surface area contributed by atoms with Gasteiger partial charge in [-0.1, -0.05) is 198 Å². The van der Waals surface area contributed by atoms with Crippen molar-refractivity contribution in [3.63, 3.8) is 0 Å². The minimum absolute atomic E-state index is 0.0547. The molecule has 3 unspecified atom stereocenters. The highest BCUT2D eigenvalue weighted by atomic mass is 31.2. The second kappa shape index (κ2) is 40.1. The van der Waals surface area contributed by atoms with E-state index in [1.165, 1.54) is 148 Å². The van der Waals surface area contributed by atoms with E-state index in [1.807, 2.05) is 27.2 Å². The maximum atomic E-state index is 12.9. The third-order valence-corrected chi connectivity index (χ3v) is 11.6. The van der Waals surface area contributed by atoms with Crippen LogP contribution in [0.2, 0.25) is 0 Å². The zero-order valence-electron chi connectivity index (χ0n) is 38.1. The molecule has 0 rings (SSSR count). The average Bonchev–Trinajstić information content (AvgIpc) is 3.16. The van der Waals surface area contributed by atoms with Crippen LogP contribution in [0.25, 0.3) is 0 Å². The van der Waals surface area contributed by atoms with Gasteiger partial charge in [0.2, 0.25) is 5.91 Å². The monoisotopic (exact) mass is 826 g/mol. The fraction of sp³-hybridized carbons (Fsp3) is 0.854. The van der Waals surface area contributed by atoms with Gasteiger partial charge in [-0.25, -0.2) is 4.57 Å². The van der Waals surface area contributed by atoms with Gasteiger partial charge in [-0.3, -0.25) is 13.8 Å². The van der Waals surface area contributed by atoms with Crippen molar-refractivity contribution in [3.05, 3.63) is 36.5 Å². The van der Waals surface area contributed by atoms with Crippen LogP contribution in [0.3, 0.4) is 0 Å². The predicted molar refractivity (Wildman–Crippen MR) is 244 cm³/mol. The molecule has 0 saturated heterocycles. The number of hydrogen-bond acceptors (Lipinski definition) is 5. The summed E-state index contributed by atoms with van der Waals surface area (Å²) in [5.74, 6) is -0.189. The molecule has 0 aromatic rings. The van der Waals surface area contributed by atoms with E-state index in [4.69, 9.17) is 9.05 Å². The highest BCUT2D eigenvalue weighted by molar-refractivity contribution is 7.47. The van der Waals surface area contributed by atoms with Gasteiger partial charge in [0.1, 0.15) is 13.2 Å². The van der Waals surface area contributed by atoms with Gasteiger partial charge < -0.3 is 19.8 Å². The maximum absolute atomic E-state index is 12.9. The minimum atomic E-state index is -4.35. The molecular weight excluding hydrogens is 732 g/mol. The molecule has 8 nitrogen and oxygen atoms in total. The molecule has 0 bridgehead atoms. The van der Waals surface area contributed by atoms with Crippen LogP contribution < -0.4 is 5.32 Å². The number of nitrogens with one attached hydrogen (secondary N) is 1. The number of hydrogen-bond donors (Lipinski definition) is 3. The Balaban J connectivity index is 4.38. The Morgan fingerprint density at radius 3 is 1.40 bits per heavy atom. The summed E-state index contributed by atoms with van der Waals surface area (Å²) in [5, 5.41) is 13.8. The van der Waals surface area contributed by atoms with Gasteiger partial charge in [0.25, 0.3) is 0 Å². The van der Waals surface area contributed by atoms with Crippen molar-refractivity contribution >= 4 is 13.7 Å². The van der Waals surface area contributed by atoms with Crippen LogP contribution >= 0.6 is 7.82 Å². The first-order valence-corrected chi connectivity index (χ1v) is 25.4. The predicted octanol–water partition coefficient (Wildman–Crippen LogP) is 13.5. The van der Waals surface area contributed by atoms with Gasteiger partial charge in [-0.2, -0.15) is 0 Å². The Hall–Kier alpha value is -1.28. The Bertz CT molecular complexity index is 1030. The number of carbonyl (C=O) groups is 1. The molecule has 0 aliphatic heterocycles. The molecule has 0 radical (unpaired) electrons. The molecule has 3 atom stereocenters. The van der Waals surface area contributed by atoms with E-state index in [2.05, 4.69) is 43.5 Å². The fourth-order valence-electron chi connectivity index (χ4n) is 6.78. The number of likely N-dealkylation sites (N-methyl/N-ethyl adjacent to an activating group) is 1. The molecule has 0 fully saturated rings. The number of aliphatic hydroxyl groups is 1. The molecule has 0 aliphatic rings. The van der Waals surface area contributed by atoms with Gasteiger partial charge >= 0.3 is 7.82 Å². The third kappa shape index (κ3) is 42.6. The van der Waals surface area contributed by atoms with Crippen LogP contribution in [0.4, 0.5) is 0 Å². The second-order valence-electron chi connectivity index (χ2n) is 17.5. The Morgan fingerprint density at radius 1 is 0.579 bits per heavy atom. The van der Waals surface area contributed by atoms with Crippen molar-refractivity contribution in [3.8, 4) is 0 Å². The summed E-state index contributed by atoms with van der Waals surface area (Å²) in [7, 11) is 1.55. The smallest absolute Gasteiger partial charge is 0.387 e. The molecule has 0 saturated carbocycles. The van der Waals surface area contributed by atoms with Crippen LogP contribution in [-0.2, 0) is 18.4 Å². The number of phosphoric acid groups is 1. The average molecular weight is 826 g/mol. The van der Waals surface area contributed by atoms with Crippen molar-refractivity contribution in [2.75, 3.05) is 40.9 Å². The molecule has 0 spiro atoms. The van der Waals surface area contributed by atoms with Crippen molar-refractivity contribution in [1.82, 2.24) is 5.32 Å². The van der Waals surface area contributed by atoms with Crippen molar-refractivity contribution in [2.45, 2.75) is 225 Å². The Labute approximate surface area is 353 Å². The van der Waals surface area contributed by atoms with E-state index in [9.17, 15) is 19.4 Å². The second-order valence-corrected chi connectivity index (χ2v) is 18.9. The van der Waals surface area contributed by atoms with Crippen LogP contribution in [0.5, 0.6) is 0 Å². The van der Waals surface area contributed by atoms with E-state index in [-0.39, 0.29) is 19.1 Å². The third-order valence-electron chi connectivity index (χ3n) is 10.6. The highest BCUT2D eigenvalue weighted by Crippen LogP contribution is 2.43. The first-order valence-electron chi connectivity index (χ1n) is 23.9. The Morgan fingerprint density at radius 2 is 0.965 bits per heavy atom. The molecule has 1 amide bonds. The normalized spacial score (nSPS) is 14.6. The summed E-state index contributed by atoms with van der Waals surface area (Å²) in [5.41, 5.74) is 0. The summed E-state index contributed by atoms with van der Waals surface area (Å²) in [6, 6.07) is -0.865. The lowest BCUT2D eigenvalue weighted by Gasteiger charge is -2.25. The van der Waals surface area contributed by atoms with Gasteiger partial charge in [0.05, 0.1) is 39.9 Å². The zero-order chi connectivity index (χ0) is 42.1. The number of carbonyl (C=O) groups excluding carboxylic acids is 1. The quantitative estimate of drug-likeness (QED) is 0.0245. The SMILES string of the molecule is CCCCCCC/C=C/CC/C=C/CC/C=C/C(O)C(COP(=O)(O)OCC[N+](C)(C)C)NC(=O)CCCCCCCCCCCCCCCCCCCCCC. The van der Waals surface area contributed by atoms with E-state index >= 15 is 0 Å². The topological polar surface area (TPSA) is 105 Å². The Kier molecular flexibility index (Phi) is 39.2. The van der Waals surface area contributed by atoms with Crippen molar-refractivity contribution in [1.29, 1.82) is 0 Å². The van der Waals surface area contributed by atoms with Gasteiger partial charge in [0.15, 0.2) is 0 Å². The van der Waals surface area contributed by atoms with Crippen LogP contribution in [0, 0.1) is 0 Å². The number of allylic oxidation sites excluding steroid dienone is 5. The van der Waals surface area contributed by atoms with E-state index in [1.54, 1.807) is 6.08 Å². The summed E-state index contributed by atoms with van der Waals surface area (Å²) in [4.78, 5) is 23.1. The lowest BCUT2D eigenvalue weighted by molar-refractivity contribution is -0.870. The largest absolute Gasteiger partial charge is 0.472 e. The van der Waals surface area contributed by atoms with E-state index in [0.717, 1.165) is 44.9 Å². The first kappa shape index (κ1) is 55.7. The lowest BCUT2D eigenvalue weighted by atomic mass is 10.0. The summed E-state index contributed by atoms with van der Waals surface area (Å²) in [6.45, 7) is 4.78. The molecule has 336 valence electrons. The zero-order valence-corrected chi connectivity index (χ0v) is 39.0. The number of rotatable bonds is 43. The number of unbranched alkanes of at least 4 members (excludes halogenated alkanes) is 26. The molecule has 0 aromatic carbocycles. The van der Waals surface area contributed by atoms with Crippen molar-refractivity contribution < 1.29 is 32.9 Å². The molecule has 57 heavy (non-hydrogen) atoms. The lowest BCUT2D eigenvalue weighted by Crippen LogP contribution is -2.45. The molecular formula is C48H94N2O6P+. The molecule has 9 heteroatoms. The molecule has 3 N–H and O–H groups in total. The standard InChI is InChI=1S/C48H93N2O6P/c1-6-8-10-12-14-16-18-20-22-23-24-25-26-28-30-32-34-36-38-40-42-48(52)49-46(45-56-57(53,54)55-44-43-50(3,4)5)47(51)41-39-37-35-33-31-29-27-21-19-17-15-13-11-9-7-2/h19,21,31,33,39,41,46-47,51H,6-18,20,22-30,32,34-38,40,42-45H2,1-5H3,(H-,49,52,53,54)/p+1/b21-19+,33-31+,41-39+. The maximum Gasteiger partial charge on any atom is 0.472 e. The number of amides is 1. The van der Waals surface area contributed by atoms with Gasteiger partial charge in [-0.05, 0) is 44.9 Å². The molecule has 0 aromatic heterocycles. The van der Waals surface area contributed by atoms with Crippen LogP contribution in [0.15, 0.2) is 36.5 Å². The van der Waals surface area contributed by atoms with Crippen LogP contribution in [0.1, 0.15) is 213 Å². The van der Waals surface area contributed by atoms with Crippen LogP contribution in [-0.4, -0.2) is 73.4 Å². The summed E-state index contributed by atoms with van der Waals surface area (Å²) >= 11 is 0. The van der Waals surface area contributed by atoms with E-state index in [0.29, 0.717) is 17.4 Å². The van der Waals surface area contributed by atoms with E-state index < -0.39 is 20.0 Å². The number of phosphoric ester groups is 1. The van der Waals surface area contributed by atoms with Crippen molar-refractivity contribution in [2.24, 2.45) is 0 Å². The van der Waals surface area contributed by atoms with Gasteiger partial charge in [-0.15, -0.1) is 0 Å². The number of aliphatic hydroxyl groups excluding tert-OH is 1. The molecule has 0 heterocycles. The number of quaternary nitrogens is 1. The first-order chi connectivity index (χ1) is 27.5. The van der Waals surface area contributed by atoms with Gasteiger partial charge in [0, 0.05) is 6.42 Å².